The summed E-state index contributed by atoms with van der Waals surface area (Å²) in [4.78, 5) is 30.5. The molecule has 0 saturated carbocycles. The van der Waals surface area contributed by atoms with Gasteiger partial charge in [-0.05, 0) is 36.1 Å². The minimum absolute atomic E-state index is 0.0925. The summed E-state index contributed by atoms with van der Waals surface area (Å²) in [6.45, 7) is 4.68. The highest BCUT2D eigenvalue weighted by Crippen LogP contribution is 2.38. The van der Waals surface area contributed by atoms with Crippen LogP contribution in [0.3, 0.4) is 0 Å². The standard InChI is InChI=1S/C20H20N2O3/c1-12(2)18-17-14(13-6-3-4-7-15(13)21-17)9-10-22(18)20(24)19(23)16-8-5-11-25-16/h3-8,11-12,18,21H,9-10H2,1-2H3/t18-/m0/s1. The number of nitrogens with one attached hydrogen (secondary N) is 1. The van der Waals surface area contributed by atoms with Crippen molar-refractivity contribution in [2.75, 3.05) is 6.54 Å². The molecule has 0 bridgehead atoms. The Morgan fingerprint density at radius 1 is 1.20 bits per heavy atom. The molecule has 1 amide bonds. The van der Waals surface area contributed by atoms with Crippen LogP contribution in [0.15, 0.2) is 47.1 Å². The molecule has 0 radical (unpaired) electrons. The monoisotopic (exact) mass is 336 g/mol. The number of hydrogen-bond donors (Lipinski definition) is 1. The number of H-pyrrole nitrogens is 1. The molecule has 4 rings (SSSR count). The van der Waals surface area contributed by atoms with Gasteiger partial charge < -0.3 is 14.3 Å². The molecule has 128 valence electrons. The molecule has 0 saturated heterocycles. The molecule has 5 heteroatoms. The molecule has 0 spiro atoms. The Balaban J connectivity index is 1.75. The van der Waals surface area contributed by atoms with E-state index in [1.807, 2.05) is 18.2 Å². The number of para-hydroxylation sites is 1. The van der Waals surface area contributed by atoms with Crippen molar-refractivity contribution in [1.29, 1.82) is 0 Å². The van der Waals surface area contributed by atoms with E-state index in [2.05, 4.69) is 24.9 Å². The van der Waals surface area contributed by atoms with Gasteiger partial charge in [-0.3, -0.25) is 9.59 Å². The van der Waals surface area contributed by atoms with Crippen molar-refractivity contribution < 1.29 is 14.0 Å². The maximum atomic E-state index is 12.8. The molecule has 1 aromatic carbocycles. The van der Waals surface area contributed by atoms with Gasteiger partial charge in [0.15, 0.2) is 5.76 Å². The number of amides is 1. The fraction of sp³-hybridized carbons (Fsp3) is 0.300. The number of aromatic nitrogens is 1. The normalized spacial score (nSPS) is 17.1. The highest BCUT2D eigenvalue weighted by atomic mass is 16.3. The molecule has 0 unspecified atom stereocenters. The third kappa shape index (κ3) is 2.47. The fourth-order valence-corrected chi connectivity index (χ4v) is 3.83. The van der Waals surface area contributed by atoms with Gasteiger partial charge in [-0.2, -0.15) is 0 Å². The second-order valence-electron chi connectivity index (χ2n) is 6.81. The summed E-state index contributed by atoms with van der Waals surface area (Å²) in [6.07, 6.45) is 2.15. The fourth-order valence-electron chi connectivity index (χ4n) is 3.83. The summed E-state index contributed by atoms with van der Waals surface area (Å²) in [5.74, 6) is -0.816. The van der Waals surface area contributed by atoms with Crippen LogP contribution in [0.5, 0.6) is 0 Å². The summed E-state index contributed by atoms with van der Waals surface area (Å²) in [5, 5.41) is 1.20. The first-order chi connectivity index (χ1) is 12.1. The maximum Gasteiger partial charge on any atom is 0.298 e. The summed E-state index contributed by atoms with van der Waals surface area (Å²) in [5.41, 5.74) is 3.37. The second-order valence-corrected chi connectivity index (χ2v) is 6.81. The van der Waals surface area contributed by atoms with Gasteiger partial charge in [0.1, 0.15) is 0 Å². The predicted octanol–water partition coefficient (Wildman–Crippen LogP) is 3.73. The van der Waals surface area contributed by atoms with E-state index in [4.69, 9.17) is 4.42 Å². The molecule has 1 aliphatic rings. The molecule has 1 N–H and O–H groups in total. The first-order valence-electron chi connectivity index (χ1n) is 8.56. The molecule has 0 aliphatic carbocycles. The van der Waals surface area contributed by atoms with Crippen LogP contribution in [0.1, 0.15) is 41.7 Å². The molecular formula is C20H20N2O3. The molecule has 0 fully saturated rings. The van der Waals surface area contributed by atoms with Crippen LogP contribution in [0.25, 0.3) is 10.9 Å². The Morgan fingerprint density at radius 2 is 2.00 bits per heavy atom. The minimum atomic E-state index is -0.588. The first-order valence-corrected chi connectivity index (χ1v) is 8.56. The van der Waals surface area contributed by atoms with Gasteiger partial charge >= 0.3 is 0 Å². The van der Waals surface area contributed by atoms with Crippen LogP contribution in [-0.4, -0.2) is 28.1 Å². The van der Waals surface area contributed by atoms with Crippen LogP contribution in [0.4, 0.5) is 0 Å². The zero-order valence-electron chi connectivity index (χ0n) is 14.3. The van der Waals surface area contributed by atoms with E-state index in [1.165, 1.54) is 23.3 Å². The van der Waals surface area contributed by atoms with E-state index in [1.54, 1.807) is 11.0 Å². The lowest BCUT2D eigenvalue weighted by Crippen LogP contribution is -2.45. The summed E-state index contributed by atoms with van der Waals surface area (Å²) < 4.78 is 5.12. The van der Waals surface area contributed by atoms with E-state index < -0.39 is 11.7 Å². The van der Waals surface area contributed by atoms with Crippen molar-refractivity contribution in [3.63, 3.8) is 0 Å². The molecule has 2 aromatic heterocycles. The van der Waals surface area contributed by atoms with Gasteiger partial charge in [0.05, 0.1) is 12.3 Å². The number of hydrogen-bond acceptors (Lipinski definition) is 3. The third-order valence-corrected chi connectivity index (χ3v) is 4.91. The van der Waals surface area contributed by atoms with Crippen molar-refractivity contribution in [2.45, 2.75) is 26.3 Å². The number of aromatic amines is 1. The Labute approximate surface area is 145 Å². The molecule has 3 heterocycles. The molecule has 3 aromatic rings. The van der Waals surface area contributed by atoms with E-state index in [9.17, 15) is 9.59 Å². The topological polar surface area (TPSA) is 66.3 Å². The molecule has 25 heavy (non-hydrogen) atoms. The van der Waals surface area contributed by atoms with E-state index in [0.29, 0.717) is 6.54 Å². The smallest absolute Gasteiger partial charge is 0.298 e. The lowest BCUT2D eigenvalue weighted by molar-refractivity contribution is -0.130. The van der Waals surface area contributed by atoms with Crippen LogP contribution < -0.4 is 0 Å². The van der Waals surface area contributed by atoms with Crippen LogP contribution in [-0.2, 0) is 11.2 Å². The highest BCUT2D eigenvalue weighted by Gasteiger charge is 2.38. The van der Waals surface area contributed by atoms with Gasteiger partial charge in [-0.25, -0.2) is 0 Å². The van der Waals surface area contributed by atoms with E-state index in [0.717, 1.165) is 17.6 Å². The van der Waals surface area contributed by atoms with E-state index in [-0.39, 0.29) is 17.7 Å². The van der Waals surface area contributed by atoms with Gasteiger partial charge in [-0.1, -0.05) is 32.0 Å². The number of rotatable bonds is 3. The third-order valence-electron chi connectivity index (χ3n) is 4.91. The van der Waals surface area contributed by atoms with Gasteiger partial charge in [0.2, 0.25) is 0 Å². The zero-order valence-corrected chi connectivity index (χ0v) is 14.3. The van der Waals surface area contributed by atoms with Crippen molar-refractivity contribution in [1.82, 2.24) is 9.88 Å². The van der Waals surface area contributed by atoms with Gasteiger partial charge in [0.25, 0.3) is 11.7 Å². The average Bonchev–Trinajstić information content (AvgIpc) is 3.26. The van der Waals surface area contributed by atoms with Crippen molar-refractivity contribution in [2.24, 2.45) is 5.92 Å². The lowest BCUT2D eigenvalue weighted by atomic mass is 9.90. The SMILES string of the molecule is CC(C)[C@H]1c2[nH]c3ccccc3c2CCN1C(=O)C(=O)c1ccco1. The summed E-state index contributed by atoms with van der Waals surface area (Å²) in [6, 6.07) is 11.2. The lowest BCUT2D eigenvalue weighted by Gasteiger charge is -2.37. The van der Waals surface area contributed by atoms with E-state index >= 15 is 0 Å². The number of fused-ring (bicyclic) bond motifs is 3. The number of ketones is 1. The first kappa shape index (κ1) is 15.7. The Hall–Kier alpha value is -2.82. The largest absolute Gasteiger partial charge is 0.461 e. The van der Waals surface area contributed by atoms with Crippen molar-refractivity contribution in [3.8, 4) is 0 Å². The van der Waals surface area contributed by atoms with Crippen LogP contribution >= 0.6 is 0 Å². The highest BCUT2D eigenvalue weighted by molar-refractivity contribution is 6.42. The number of Topliss-reactive ketones (excluding diaryl/α,β-unsaturated/α-hetero) is 1. The molecule has 1 atom stereocenters. The zero-order chi connectivity index (χ0) is 17.6. The number of nitrogens with zero attached hydrogens (tertiary/aromatic N) is 1. The minimum Gasteiger partial charge on any atom is -0.461 e. The van der Waals surface area contributed by atoms with Gasteiger partial charge in [0, 0.05) is 23.1 Å². The Morgan fingerprint density at radius 3 is 2.72 bits per heavy atom. The average molecular weight is 336 g/mol. The quantitative estimate of drug-likeness (QED) is 0.585. The maximum absolute atomic E-state index is 12.8. The van der Waals surface area contributed by atoms with Crippen molar-refractivity contribution in [3.05, 3.63) is 59.7 Å². The van der Waals surface area contributed by atoms with Gasteiger partial charge in [-0.15, -0.1) is 0 Å². The second kappa shape index (κ2) is 5.92. The molecule has 1 aliphatic heterocycles. The number of furan rings is 1. The Kier molecular flexibility index (Phi) is 3.71. The summed E-state index contributed by atoms with van der Waals surface area (Å²) >= 11 is 0. The van der Waals surface area contributed by atoms with Crippen molar-refractivity contribution >= 4 is 22.6 Å². The molecule has 5 nitrogen and oxygen atoms in total. The Bertz CT molecular complexity index is 937. The predicted molar refractivity (Wildman–Crippen MR) is 94.3 cm³/mol. The number of carbonyl (C=O) groups is 2. The van der Waals surface area contributed by atoms with Crippen LogP contribution in [0.2, 0.25) is 0 Å². The summed E-state index contributed by atoms with van der Waals surface area (Å²) in [7, 11) is 0. The number of benzene rings is 1. The van der Waals surface area contributed by atoms with Crippen LogP contribution in [0, 0.1) is 5.92 Å². The molecular weight excluding hydrogens is 316 g/mol. The number of carbonyl (C=O) groups excluding carboxylic acids is 2.